The Balaban J connectivity index is 1.56. The monoisotopic (exact) mass is 298 g/mol. The third-order valence-corrected chi connectivity index (χ3v) is 3.46. The molecule has 0 unspecified atom stereocenters. The minimum atomic E-state index is -0.0467. The number of carbonyl (C=O) groups is 1. The second kappa shape index (κ2) is 6.34. The topological polar surface area (TPSA) is 75.3 Å². The van der Waals surface area contributed by atoms with E-state index in [1.54, 1.807) is 7.11 Å². The van der Waals surface area contributed by atoms with E-state index in [0.29, 0.717) is 5.82 Å². The number of rotatable bonds is 5. The maximum Gasteiger partial charge on any atom is 0.243 e. The summed E-state index contributed by atoms with van der Waals surface area (Å²) in [5.41, 5.74) is 1.95. The van der Waals surface area contributed by atoms with Crippen LogP contribution < -0.4 is 20.7 Å². The zero-order valence-electron chi connectivity index (χ0n) is 12.3. The fourth-order valence-electron chi connectivity index (χ4n) is 2.28. The fourth-order valence-corrected chi connectivity index (χ4v) is 2.28. The average Bonchev–Trinajstić information content (AvgIpc) is 2.55. The Hall–Kier alpha value is -2.76. The van der Waals surface area contributed by atoms with Crippen LogP contribution in [0.2, 0.25) is 0 Å². The van der Waals surface area contributed by atoms with E-state index < -0.39 is 0 Å². The number of pyridine rings is 1. The van der Waals surface area contributed by atoms with Crippen LogP contribution >= 0.6 is 0 Å². The first kappa shape index (κ1) is 14.2. The van der Waals surface area contributed by atoms with Crippen LogP contribution in [0, 0.1) is 0 Å². The molecule has 0 bridgehead atoms. The van der Waals surface area contributed by atoms with Crippen LogP contribution in [0.5, 0.6) is 5.75 Å². The van der Waals surface area contributed by atoms with E-state index in [1.807, 2.05) is 24.3 Å². The maximum atomic E-state index is 11.3. The summed E-state index contributed by atoms with van der Waals surface area (Å²) in [6.07, 6.45) is 0.896. The van der Waals surface area contributed by atoms with E-state index in [2.05, 4.69) is 33.1 Å². The smallest absolute Gasteiger partial charge is 0.243 e. The molecule has 3 rings (SSSR count). The lowest BCUT2D eigenvalue weighted by Gasteiger charge is -2.18. The van der Waals surface area contributed by atoms with Crippen molar-refractivity contribution in [3.8, 4) is 5.75 Å². The normalized spacial score (nSPS) is 12.9. The van der Waals surface area contributed by atoms with Crippen molar-refractivity contribution in [3.63, 3.8) is 0 Å². The van der Waals surface area contributed by atoms with Gasteiger partial charge in [-0.3, -0.25) is 4.79 Å². The number of nitrogens with zero attached hydrogens (tertiary/aromatic N) is 1. The third kappa shape index (κ3) is 3.28. The van der Waals surface area contributed by atoms with Crippen molar-refractivity contribution in [3.05, 3.63) is 42.0 Å². The van der Waals surface area contributed by atoms with E-state index in [0.717, 1.165) is 30.2 Å². The molecule has 0 aliphatic carbocycles. The van der Waals surface area contributed by atoms with E-state index in [-0.39, 0.29) is 12.5 Å². The lowest BCUT2D eigenvalue weighted by molar-refractivity contribution is -0.114. The van der Waals surface area contributed by atoms with Crippen LogP contribution in [-0.4, -0.2) is 31.1 Å². The molecule has 2 heterocycles. The Morgan fingerprint density at radius 1 is 1.23 bits per heavy atom. The molecule has 0 fully saturated rings. The second-order valence-electron chi connectivity index (χ2n) is 5.02. The molecule has 6 nitrogen and oxygen atoms in total. The van der Waals surface area contributed by atoms with Crippen molar-refractivity contribution >= 4 is 23.2 Å². The Kier molecular flexibility index (Phi) is 4.09. The number of hydrogen-bond donors (Lipinski definition) is 3. The Morgan fingerprint density at radius 3 is 2.82 bits per heavy atom. The standard InChI is InChI=1S/C16H18N4O2/c1-22-12-4-2-11(3-5-12)8-9-17-14-7-6-13-16(20-14)18-10-15(21)19-13/h2-7H,8-10H2,1H3,(H,19,21)(H2,17,18,20). The van der Waals surface area contributed by atoms with Gasteiger partial charge in [-0.05, 0) is 36.2 Å². The van der Waals surface area contributed by atoms with Crippen LogP contribution in [0.4, 0.5) is 17.3 Å². The summed E-state index contributed by atoms with van der Waals surface area (Å²) in [6, 6.07) is 11.7. The van der Waals surface area contributed by atoms with Crippen LogP contribution in [0.3, 0.4) is 0 Å². The van der Waals surface area contributed by atoms with Crippen molar-refractivity contribution in [2.24, 2.45) is 0 Å². The number of benzene rings is 1. The number of anilines is 3. The average molecular weight is 298 g/mol. The van der Waals surface area contributed by atoms with Gasteiger partial charge in [-0.15, -0.1) is 0 Å². The highest BCUT2D eigenvalue weighted by Gasteiger charge is 2.15. The molecule has 1 aliphatic rings. The SMILES string of the molecule is COc1ccc(CCNc2ccc3c(n2)NCC(=O)N3)cc1. The molecule has 0 atom stereocenters. The molecule has 0 radical (unpaired) electrons. The van der Waals surface area contributed by atoms with Gasteiger partial charge in [0.2, 0.25) is 5.91 Å². The number of fused-ring (bicyclic) bond motifs is 1. The van der Waals surface area contributed by atoms with Gasteiger partial charge in [0.15, 0.2) is 5.82 Å². The van der Waals surface area contributed by atoms with Crippen LogP contribution in [0.25, 0.3) is 0 Å². The molecule has 114 valence electrons. The zero-order chi connectivity index (χ0) is 15.4. The Morgan fingerprint density at radius 2 is 2.05 bits per heavy atom. The Labute approximate surface area is 128 Å². The van der Waals surface area contributed by atoms with Gasteiger partial charge >= 0.3 is 0 Å². The Bertz CT molecular complexity index is 670. The highest BCUT2D eigenvalue weighted by Crippen LogP contribution is 2.24. The van der Waals surface area contributed by atoms with Gasteiger partial charge in [-0.25, -0.2) is 4.98 Å². The highest BCUT2D eigenvalue weighted by molar-refractivity contribution is 5.99. The summed E-state index contributed by atoms with van der Waals surface area (Å²) in [5, 5.41) is 9.06. The van der Waals surface area contributed by atoms with Crippen molar-refractivity contribution in [2.45, 2.75) is 6.42 Å². The summed E-state index contributed by atoms with van der Waals surface area (Å²) in [7, 11) is 1.66. The molecule has 1 aromatic heterocycles. The first-order valence-electron chi connectivity index (χ1n) is 7.16. The number of nitrogens with one attached hydrogen (secondary N) is 3. The molecule has 6 heteroatoms. The number of methoxy groups -OCH3 is 1. The molecule has 0 saturated heterocycles. The van der Waals surface area contributed by atoms with Crippen LogP contribution in [0.1, 0.15) is 5.56 Å². The predicted octanol–water partition coefficient (Wildman–Crippen LogP) is 2.11. The largest absolute Gasteiger partial charge is 0.497 e. The predicted molar refractivity (Wildman–Crippen MR) is 86.5 cm³/mol. The first-order chi connectivity index (χ1) is 10.7. The summed E-state index contributed by atoms with van der Waals surface area (Å²) >= 11 is 0. The van der Waals surface area contributed by atoms with E-state index in [1.165, 1.54) is 5.56 Å². The van der Waals surface area contributed by atoms with Crippen molar-refractivity contribution < 1.29 is 9.53 Å². The van der Waals surface area contributed by atoms with E-state index >= 15 is 0 Å². The summed E-state index contributed by atoms with van der Waals surface area (Å²) < 4.78 is 5.14. The van der Waals surface area contributed by atoms with Gasteiger partial charge in [0.1, 0.15) is 11.6 Å². The molecule has 1 amide bonds. The highest BCUT2D eigenvalue weighted by atomic mass is 16.5. The number of carbonyl (C=O) groups excluding carboxylic acids is 1. The summed E-state index contributed by atoms with van der Waals surface area (Å²) in [6.45, 7) is 1.04. The molecular formula is C16H18N4O2. The second-order valence-corrected chi connectivity index (χ2v) is 5.02. The van der Waals surface area contributed by atoms with Gasteiger partial charge in [0.05, 0.1) is 19.3 Å². The molecule has 1 aromatic carbocycles. The molecule has 22 heavy (non-hydrogen) atoms. The molecule has 0 saturated carbocycles. The van der Waals surface area contributed by atoms with Crippen molar-refractivity contribution in [1.82, 2.24) is 4.98 Å². The number of amides is 1. The van der Waals surface area contributed by atoms with Crippen LogP contribution in [-0.2, 0) is 11.2 Å². The number of ether oxygens (including phenoxy) is 1. The molecule has 2 aromatic rings. The third-order valence-electron chi connectivity index (χ3n) is 3.46. The minimum Gasteiger partial charge on any atom is -0.497 e. The molecule has 0 spiro atoms. The van der Waals surface area contributed by atoms with Gasteiger partial charge < -0.3 is 20.7 Å². The van der Waals surface area contributed by atoms with Gasteiger partial charge in [0.25, 0.3) is 0 Å². The van der Waals surface area contributed by atoms with E-state index in [9.17, 15) is 4.79 Å². The van der Waals surface area contributed by atoms with Crippen molar-refractivity contribution in [1.29, 1.82) is 0 Å². The van der Waals surface area contributed by atoms with Crippen LogP contribution in [0.15, 0.2) is 36.4 Å². The first-order valence-corrected chi connectivity index (χ1v) is 7.16. The maximum absolute atomic E-state index is 11.3. The summed E-state index contributed by atoms with van der Waals surface area (Å²) in [4.78, 5) is 15.7. The fraction of sp³-hybridized carbons (Fsp3) is 0.250. The van der Waals surface area contributed by atoms with Crippen molar-refractivity contribution in [2.75, 3.05) is 36.1 Å². The van der Waals surface area contributed by atoms with Gasteiger partial charge in [-0.2, -0.15) is 0 Å². The number of aromatic nitrogens is 1. The zero-order valence-corrected chi connectivity index (χ0v) is 12.3. The summed E-state index contributed by atoms with van der Waals surface area (Å²) in [5.74, 6) is 2.31. The molecule has 1 aliphatic heterocycles. The molecule has 3 N–H and O–H groups in total. The van der Waals surface area contributed by atoms with Gasteiger partial charge in [0, 0.05) is 6.54 Å². The molecular weight excluding hydrogens is 280 g/mol. The minimum absolute atomic E-state index is 0.0467. The van der Waals surface area contributed by atoms with E-state index in [4.69, 9.17) is 4.74 Å². The lowest BCUT2D eigenvalue weighted by atomic mass is 10.1. The lowest BCUT2D eigenvalue weighted by Crippen LogP contribution is -2.28. The van der Waals surface area contributed by atoms with Gasteiger partial charge in [-0.1, -0.05) is 12.1 Å². The number of hydrogen-bond acceptors (Lipinski definition) is 5. The quantitative estimate of drug-likeness (QED) is 0.788.